The first-order chi connectivity index (χ1) is 28.1. The van der Waals surface area contributed by atoms with Gasteiger partial charge in [-0.25, -0.2) is 0 Å². The lowest BCUT2D eigenvalue weighted by Crippen LogP contribution is -2.50. The van der Waals surface area contributed by atoms with E-state index in [1.54, 1.807) is 0 Å². The van der Waals surface area contributed by atoms with Crippen LogP contribution in [0.25, 0.3) is 0 Å². The maximum absolute atomic E-state index is 12.5. The number of hydrogen-bond donors (Lipinski definition) is 4. The molecule has 3 unspecified atom stereocenters. The summed E-state index contributed by atoms with van der Waals surface area (Å²) >= 11 is 0. The molecule has 0 heterocycles. The molecule has 0 aliphatic carbocycles. The van der Waals surface area contributed by atoms with Gasteiger partial charge >= 0.3 is 0 Å². The van der Waals surface area contributed by atoms with E-state index in [4.69, 9.17) is 0 Å². The lowest BCUT2D eigenvalue weighted by molar-refractivity contribution is -0.124. The molecule has 1 amide bonds. The second kappa shape index (κ2) is 47.3. The van der Waals surface area contributed by atoms with E-state index in [0.29, 0.717) is 12.8 Å². The van der Waals surface area contributed by atoms with Crippen LogP contribution in [-0.2, 0) is 4.79 Å². The summed E-state index contributed by atoms with van der Waals surface area (Å²) in [5.74, 6) is -0.153. The lowest BCUT2D eigenvalue weighted by atomic mass is 10.0. The predicted octanol–water partition coefficient (Wildman–Crippen LogP) is 15.1. The quantitative estimate of drug-likeness (QED) is 0.0365. The molecule has 0 rings (SSSR count). The van der Waals surface area contributed by atoms with Crippen molar-refractivity contribution < 1.29 is 20.1 Å². The molecular weight excluding hydrogens is 703 g/mol. The fourth-order valence-electron chi connectivity index (χ4n) is 7.85. The van der Waals surface area contributed by atoms with Gasteiger partial charge in [-0.1, -0.05) is 230 Å². The first-order valence-electron chi connectivity index (χ1n) is 25.3. The Bertz CT molecular complexity index is 885. The van der Waals surface area contributed by atoms with Crippen molar-refractivity contribution in [3.8, 4) is 0 Å². The molecule has 5 nitrogen and oxygen atoms in total. The Morgan fingerprint density at radius 2 is 0.807 bits per heavy atom. The van der Waals surface area contributed by atoms with Crippen molar-refractivity contribution in [3.05, 3.63) is 36.5 Å². The highest BCUT2D eigenvalue weighted by molar-refractivity contribution is 5.76. The average Bonchev–Trinajstić information content (AvgIpc) is 3.22. The van der Waals surface area contributed by atoms with Gasteiger partial charge in [0, 0.05) is 6.42 Å². The number of amides is 1. The standard InChI is InChI=1S/C52H99NO4/c1-3-5-7-9-11-13-15-17-19-21-23-25-27-28-30-32-34-36-38-40-42-44-46-50(55)52(57)49(48-54)53-51(56)47-45-43-41-39-37-35-33-31-29-26-24-22-20-18-16-14-12-10-8-6-4-2/h6,8,12,14,38,40,49-50,52,54-55,57H,3-5,7,9-11,13,15-37,39,41-48H2,1-2H3,(H,53,56)/b8-6-,14-12-,40-38+. The van der Waals surface area contributed by atoms with E-state index in [1.807, 2.05) is 0 Å². The molecule has 0 radical (unpaired) electrons. The Kier molecular flexibility index (Phi) is 46.1. The van der Waals surface area contributed by atoms with Crippen molar-refractivity contribution in [2.75, 3.05) is 6.61 Å². The van der Waals surface area contributed by atoms with Crippen molar-refractivity contribution >= 4 is 5.91 Å². The molecule has 0 bridgehead atoms. The number of aliphatic hydroxyl groups is 3. The fraction of sp³-hybridized carbons (Fsp3) is 0.865. The molecule has 0 saturated heterocycles. The fourth-order valence-corrected chi connectivity index (χ4v) is 7.85. The largest absolute Gasteiger partial charge is 0.394 e. The first kappa shape index (κ1) is 55.6. The van der Waals surface area contributed by atoms with Crippen LogP contribution in [0.3, 0.4) is 0 Å². The van der Waals surface area contributed by atoms with E-state index in [-0.39, 0.29) is 12.5 Å². The number of hydrogen-bond acceptors (Lipinski definition) is 4. The predicted molar refractivity (Wildman–Crippen MR) is 250 cm³/mol. The molecule has 336 valence electrons. The van der Waals surface area contributed by atoms with Gasteiger partial charge in [0.2, 0.25) is 5.91 Å². The minimum Gasteiger partial charge on any atom is -0.394 e. The van der Waals surface area contributed by atoms with Crippen LogP contribution in [-0.4, -0.2) is 46.1 Å². The zero-order chi connectivity index (χ0) is 41.5. The van der Waals surface area contributed by atoms with Gasteiger partial charge in [-0.15, -0.1) is 0 Å². The molecule has 57 heavy (non-hydrogen) atoms. The van der Waals surface area contributed by atoms with E-state index in [0.717, 1.165) is 51.4 Å². The third-order valence-corrected chi connectivity index (χ3v) is 11.7. The Morgan fingerprint density at radius 1 is 0.456 bits per heavy atom. The number of rotatable bonds is 46. The third kappa shape index (κ3) is 42.5. The van der Waals surface area contributed by atoms with Gasteiger partial charge in [0.25, 0.3) is 0 Å². The number of unbranched alkanes of at least 4 members (excludes halogenated alkanes) is 32. The SMILES string of the molecule is CC/C=C\C/C=C\CCCCCCCCCCCCCCCCC(=O)NC(CO)C(O)C(O)CCC/C=C/CCCCCCCCCCCCCCCCCCC. The molecule has 0 spiro atoms. The van der Waals surface area contributed by atoms with Crippen LogP contribution in [0.15, 0.2) is 36.5 Å². The number of aliphatic hydroxyl groups excluding tert-OH is 3. The van der Waals surface area contributed by atoms with Crippen LogP contribution in [0.4, 0.5) is 0 Å². The van der Waals surface area contributed by atoms with Gasteiger partial charge in [0.1, 0.15) is 6.10 Å². The van der Waals surface area contributed by atoms with Crippen molar-refractivity contribution in [1.82, 2.24) is 5.32 Å². The van der Waals surface area contributed by atoms with Gasteiger partial charge in [-0.2, -0.15) is 0 Å². The summed E-state index contributed by atoms with van der Waals surface area (Å²) in [4.78, 5) is 12.5. The van der Waals surface area contributed by atoms with Crippen LogP contribution >= 0.6 is 0 Å². The summed E-state index contributed by atoms with van der Waals surface area (Å²) in [5.41, 5.74) is 0. The van der Waals surface area contributed by atoms with Crippen molar-refractivity contribution in [1.29, 1.82) is 0 Å². The number of carbonyl (C=O) groups is 1. The average molecular weight is 802 g/mol. The molecule has 0 fully saturated rings. The third-order valence-electron chi connectivity index (χ3n) is 11.7. The highest BCUT2D eigenvalue weighted by Crippen LogP contribution is 2.17. The van der Waals surface area contributed by atoms with Crippen molar-refractivity contribution in [3.63, 3.8) is 0 Å². The minimum atomic E-state index is -1.16. The summed E-state index contributed by atoms with van der Waals surface area (Å²) in [6, 6.07) is -0.826. The topological polar surface area (TPSA) is 89.8 Å². The van der Waals surface area contributed by atoms with Gasteiger partial charge in [-0.3, -0.25) is 4.79 Å². The molecular formula is C52H99NO4. The number of allylic oxidation sites excluding steroid dienone is 6. The monoisotopic (exact) mass is 802 g/mol. The molecule has 0 aromatic carbocycles. The Hall–Kier alpha value is -1.43. The smallest absolute Gasteiger partial charge is 0.220 e. The van der Waals surface area contributed by atoms with Gasteiger partial charge in [-0.05, 0) is 64.2 Å². The highest BCUT2D eigenvalue weighted by Gasteiger charge is 2.26. The zero-order valence-electron chi connectivity index (χ0n) is 38.2. The summed E-state index contributed by atoms with van der Waals surface area (Å²) in [6.07, 6.45) is 59.9. The lowest BCUT2D eigenvalue weighted by Gasteiger charge is -2.26. The Morgan fingerprint density at radius 3 is 1.21 bits per heavy atom. The van der Waals surface area contributed by atoms with Gasteiger partial charge in [0.15, 0.2) is 0 Å². The first-order valence-corrected chi connectivity index (χ1v) is 25.3. The minimum absolute atomic E-state index is 0.153. The van der Waals surface area contributed by atoms with Crippen LogP contribution in [0.5, 0.6) is 0 Å². The molecule has 3 atom stereocenters. The molecule has 4 N–H and O–H groups in total. The normalized spacial score (nSPS) is 13.7. The molecule has 0 aromatic rings. The maximum atomic E-state index is 12.5. The van der Waals surface area contributed by atoms with Gasteiger partial charge in [0.05, 0.1) is 18.8 Å². The van der Waals surface area contributed by atoms with E-state index < -0.39 is 18.2 Å². The molecule has 0 aromatic heterocycles. The molecule has 0 saturated carbocycles. The summed E-state index contributed by atoms with van der Waals surface area (Å²) in [5, 5.41) is 33.7. The second-order valence-corrected chi connectivity index (χ2v) is 17.3. The number of nitrogens with one attached hydrogen (secondary N) is 1. The molecule has 0 aliphatic heterocycles. The van der Waals surface area contributed by atoms with E-state index in [2.05, 4.69) is 55.6 Å². The summed E-state index contributed by atoms with van der Waals surface area (Å²) < 4.78 is 0. The van der Waals surface area contributed by atoms with Crippen LogP contribution in [0.2, 0.25) is 0 Å². The summed E-state index contributed by atoms with van der Waals surface area (Å²) in [6.45, 7) is 4.09. The second-order valence-electron chi connectivity index (χ2n) is 17.3. The van der Waals surface area contributed by atoms with Crippen molar-refractivity contribution in [2.24, 2.45) is 0 Å². The Balaban J connectivity index is 3.60. The zero-order valence-corrected chi connectivity index (χ0v) is 38.2. The highest BCUT2D eigenvalue weighted by atomic mass is 16.3. The molecule has 0 aliphatic rings. The van der Waals surface area contributed by atoms with E-state index in [9.17, 15) is 20.1 Å². The summed E-state index contributed by atoms with van der Waals surface area (Å²) in [7, 11) is 0. The van der Waals surface area contributed by atoms with Crippen LogP contribution in [0.1, 0.15) is 264 Å². The Labute approximate surface area is 355 Å². The van der Waals surface area contributed by atoms with Crippen LogP contribution in [0, 0.1) is 0 Å². The van der Waals surface area contributed by atoms with Crippen LogP contribution < -0.4 is 5.32 Å². The van der Waals surface area contributed by atoms with Gasteiger partial charge < -0.3 is 20.6 Å². The molecule has 5 heteroatoms. The van der Waals surface area contributed by atoms with E-state index in [1.165, 1.54) is 186 Å². The van der Waals surface area contributed by atoms with Crippen molar-refractivity contribution in [2.45, 2.75) is 283 Å². The number of carbonyl (C=O) groups excluding carboxylic acids is 1. The van der Waals surface area contributed by atoms with E-state index >= 15 is 0 Å². The maximum Gasteiger partial charge on any atom is 0.220 e.